The van der Waals surface area contributed by atoms with Gasteiger partial charge in [0.05, 0.1) is 0 Å². The van der Waals surface area contributed by atoms with Gasteiger partial charge in [0.25, 0.3) is 0 Å². The van der Waals surface area contributed by atoms with Crippen LogP contribution in [0.1, 0.15) is 32.1 Å². The van der Waals surface area contributed by atoms with Gasteiger partial charge in [-0.2, -0.15) is 11.3 Å². The highest BCUT2D eigenvalue weighted by molar-refractivity contribution is 7.08. The Kier molecular flexibility index (Phi) is 5.40. The molecular weight excluding hydrogens is 312 g/mol. The van der Waals surface area contributed by atoms with E-state index in [4.69, 9.17) is 4.42 Å². The van der Waals surface area contributed by atoms with Crippen LogP contribution in [0.25, 0.3) is 11.5 Å². The van der Waals surface area contributed by atoms with E-state index in [1.807, 2.05) is 16.8 Å². The number of carbonyl (C=O) groups is 1. The molecule has 1 aliphatic heterocycles. The first-order valence-corrected chi connectivity index (χ1v) is 9.06. The SMILES string of the molecule is CCN1CCC[C@H]1CNC(=O)CCc1nnc(-c2ccsc2)o1. The number of hydrogen-bond donors (Lipinski definition) is 1. The molecule has 0 spiro atoms. The molecule has 0 unspecified atom stereocenters. The molecule has 124 valence electrons. The summed E-state index contributed by atoms with van der Waals surface area (Å²) in [5, 5.41) is 15.0. The van der Waals surface area contributed by atoms with E-state index in [-0.39, 0.29) is 5.91 Å². The molecule has 0 aromatic carbocycles. The van der Waals surface area contributed by atoms with Crippen molar-refractivity contribution >= 4 is 17.2 Å². The smallest absolute Gasteiger partial charge is 0.248 e. The number of aryl methyl sites for hydroxylation is 1. The summed E-state index contributed by atoms with van der Waals surface area (Å²) in [5.74, 6) is 1.08. The minimum Gasteiger partial charge on any atom is -0.421 e. The molecule has 0 saturated carbocycles. The number of rotatable bonds is 7. The Morgan fingerprint density at radius 1 is 1.52 bits per heavy atom. The van der Waals surface area contributed by atoms with Crippen LogP contribution in [0.3, 0.4) is 0 Å². The van der Waals surface area contributed by atoms with Crippen LogP contribution in [0.5, 0.6) is 0 Å². The van der Waals surface area contributed by atoms with E-state index in [0.717, 1.165) is 25.2 Å². The van der Waals surface area contributed by atoms with E-state index >= 15 is 0 Å². The third-order valence-electron chi connectivity index (χ3n) is 4.24. The highest BCUT2D eigenvalue weighted by Gasteiger charge is 2.23. The zero-order valence-corrected chi connectivity index (χ0v) is 14.1. The fourth-order valence-corrected chi connectivity index (χ4v) is 3.57. The molecule has 7 heteroatoms. The third kappa shape index (κ3) is 4.17. The van der Waals surface area contributed by atoms with Crippen LogP contribution in [0.15, 0.2) is 21.2 Å². The van der Waals surface area contributed by atoms with Crippen molar-refractivity contribution in [1.82, 2.24) is 20.4 Å². The van der Waals surface area contributed by atoms with E-state index in [9.17, 15) is 4.79 Å². The second-order valence-corrected chi connectivity index (χ2v) is 6.52. The van der Waals surface area contributed by atoms with Crippen LogP contribution in [0.2, 0.25) is 0 Å². The zero-order chi connectivity index (χ0) is 16.1. The molecule has 1 N–H and O–H groups in total. The van der Waals surface area contributed by atoms with E-state index in [2.05, 4.69) is 27.3 Å². The van der Waals surface area contributed by atoms with Gasteiger partial charge in [-0.25, -0.2) is 0 Å². The van der Waals surface area contributed by atoms with Crippen LogP contribution < -0.4 is 5.32 Å². The predicted molar refractivity (Wildman–Crippen MR) is 89.2 cm³/mol. The highest BCUT2D eigenvalue weighted by Crippen LogP contribution is 2.20. The zero-order valence-electron chi connectivity index (χ0n) is 13.3. The average molecular weight is 334 g/mol. The number of nitrogens with one attached hydrogen (secondary N) is 1. The molecule has 1 saturated heterocycles. The number of aromatic nitrogens is 2. The van der Waals surface area contributed by atoms with Crippen molar-refractivity contribution < 1.29 is 9.21 Å². The highest BCUT2D eigenvalue weighted by atomic mass is 32.1. The molecule has 0 radical (unpaired) electrons. The second kappa shape index (κ2) is 7.70. The predicted octanol–water partition coefficient (Wildman–Crippen LogP) is 2.33. The Hall–Kier alpha value is -1.73. The van der Waals surface area contributed by atoms with E-state index < -0.39 is 0 Å². The number of nitrogens with zero attached hydrogens (tertiary/aromatic N) is 3. The van der Waals surface area contributed by atoms with Gasteiger partial charge in [-0.1, -0.05) is 6.92 Å². The molecule has 0 aliphatic carbocycles. The van der Waals surface area contributed by atoms with Gasteiger partial charge in [0, 0.05) is 36.4 Å². The lowest BCUT2D eigenvalue weighted by Gasteiger charge is -2.22. The minimum absolute atomic E-state index is 0.0447. The van der Waals surface area contributed by atoms with Gasteiger partial charge in [0.2, 0.25) is 17.7 Å². The summed E-state index contributed by atoms with van der Waals surface area (Å²) in [5.41, 5.74) is 0.930. The largest absolute Gasteiger partial charge is 0.421 e. The van der Waals surface area contributed by atoms with Gasteiger partial charge in [-0.3, -0.25) is 9.69 Å². The fraction of sp³-hybridized carbons (Fsp3) is 0.562. The average Bonchev–Trinajstić information content (AvgIpc) is 3.31. The van der Waals surface area contributed by atoms with Crippen molar-refractivity contribution in [2.45, 2.75) is 38.6 Å². The first kappa shape index (κ1) is 16.1. The standard InChI is InChI=1S/C16H22N4O2S/c1-2-20-8-3-4-13(20)10-17-14(21)5-6-15-18-19-16(22-15)12-7-9-23-11-12/h7,9,11,13H,2-6,8,10H2,1H3,(H,17,21)/t13-/m0/s1. The number of carbonyl (C=O) groups excluding carboxylic acids is 1. The number of likely N-dealkylation sites (N-methyl/N-ethyl adjacent to an activating group) is 1. The Labute approximate surface area is 139 Å². The normalized spacial score (nSPS) is 18.4. The summed E-state index contributed by atoms with van der Waals surface area (Å²) < 4.78 is 5.59. The lowest BCUT2D eigenvalue weighted by Crippen LogP contribution is -2.40. The van der Waals surface area contributed by atoms with Gasteiger partial charge in [-0.15, -0.1) is 10.2 Å². The topological polar surface area (TPSA) is 71.3 Å². The van der Waals surface area contributed by atoms with E-state index in [1.54, 1.807) is 11.3 Å². The molecule has 3 heterocycles. The molecule has 1 fully saturated rings. The summed E-state index contributed by atoms with van der Waals surface area (Å²) >= 11 is 1.59. The van der Waals surface area contributed by atoms with Crippen molar-refractivity contribution in [3.05, 3.63) is 22.7 Å². The monoisotopic (exact) mass is 334 g/mol. The Morgan fingerprint density at radius 2 is 2.43 bits per heavy atom. The summed E-state index contributed by atoms with van der Waals surface area (Å²) in [6, 6.07) is 2.42. The Bertz CT molecular complexity index is 626. The molecule has 6 nitrogen and oxygen atoms in total. The maximum atomic E-state index is 12.0. The summed E-state index contributed by atoms with van der Waals surface area (Å²) in [4.78, 5) is 14.4. The molecule has 2 aromatic heterocycles. The van der Waals surface area contributed by atoms with Gasteiger partial charge in [-0.05, 0) is 37.4 Å². The maximum absolute atomic E-state index is 12.0. The van der Waals surface area contributed by atoms with Crippen LogP contribution in [0.4, 0.5) is 0 Å². The lowest BCUT2D eigenvalue weighted by atomic mass is 10.2. The van der Waals surface area contributed by atoms with E-state index in [0.29, 0.717) is 30.7 Å². The molecule has 3 rings (SSSR count). The van der Waals surface area contributed by atoms with Crippen molar-refractivity contribution in [1.29, 1.82) is 0 Å². The first-order chi connectivity index (χ1) is 11.3. The van der Waals surface area contributed by atoms with Crippen LogP contribution >= 0.6 is 11.3 Å². The van der Waals surface area contributed by atoms with Gasteiger partial charge >= 0.3 is 0 Å². The number of likely N-dealkylation sites (tertiary alicyclic amines) is 1. The molecule has 1 atom stereocenters. The van der Waals surface area contributed by atoms with Crippen LogP contribution in [0, 0.1) is 0 Å². The van der Waals surface area contributed by atoms with Crippen LogP contribution in [-0.2, 0) is 11.2 Å². The molecular formula is C16H22N4O2S. The van der Waals surface area contributed by atoms with Gasteiger partial charge in [0.1, 0.15) is 0 Å². The summed E-state index contributed by atoms with van der Waals surface area (Å²) in [6.07, 6.45) is 3.25. The van der Waals surface area contributed by atoms with Gasteiger partial charge in [0.15, 0.2) is 0 Å². The molecule has 2 aromatic rings. The van der Waals surface area contributed by atoms with Crippen molar-refractivity contribution in [3.63, 3.8) is 0 Å². The lowest BCUT2D eigenvalue weighted by molar-refractivity contribution is -0.121. The molecule has 23 heavy (non-hydrogen) atoms. The summed E-state index contributed by atoms with van der Waals surface area (Å²) in [7, 11) is 0. The van der Waals surface area contributed by atoms with Crippen molar-refractivity contribution in [3.8, 4) is 11.5 Å². The maximum Gasteiger partial charge on any atom is 0.248 e. The van der Waals surface area contributed by atoms with E-state index in [1.165, 1.54) is 12.8 Å². The number of amides is 1. The quantitative estimate of drug-likeness (QED) is 0.841. The van der Waals surface area contributed by atoms with Crippen molar-refractivity contribution in [2.24, 2.45) is 0 Å². The Morgan fingerprint density at radius 3 is 3.22 bits per heavy atom. The minimum atomic E-state index is 0.0447. The molecule has 1 amide bonds. The molecule has 1 aliphatic rings. The first-order valence-electron chi connectivity index (χ1n) is 8.12. The third-order valence-corrected chi connectivity index (χ3v) is 4.92. The Balaban J connectivity index is 1.42. The van der Waals surface area contributed by atoms with Crippen LogP contribution in [-0.4, -0.2) is 46.7 Å². The molecule has 0 bridgehead atoms. The fourth-order valence-electron chi connectivity index (χ4n) is 2.94. The van der Waals surface area contributed by atoms with Crippen molar-refractivity contribution in [2.75, 3.05) is 19.6 Å². The number of thiophene rings is 1. The number of hydrogen-bond acceptors (Lipinski definition) is 6. The second-order valence-electron chi connectivity index (χ2n) is 5.74. The summed E-state index contributed by atoms with van der Waals surface area (Å²) in [6.45, 7) is 5.09. The van der Waals surface area contributed by atoms with Gasteiger partial charge < -0.3 is 9.73 Å².